The van der Waals surface area contributed by atoms with Crippen LogP contribution in [0, 0.1) is 0 Å². The summed E-state index contributed by atoms with van der Waals surface area (Å²) in [5.41, 5.74) is 14.5. The van der Waals surface area contributed by atoms with Gasteiger partial charge in [-0.3, -0.25) is 14.4 Å². The van der Waals surface area contributed by atoms with Crippen molar-refractivity contribution in [2.45, 2.75) is 109 Å². The second-order valence-corrected chi connectivity index (χ2v) is 19.4. The Morgan fingerprint density at radius 3 is 1.44 bits per heavy atom. The van der Waals surface area contributed by atoms with Gasteiger partial charge >= 0.3 is 0 Å². The van der Waals surface area contributed by atoms with Crippen molar-refractivity contribution in [2.24, 2.45) is 5.73 Å². The van der Waals surface area contributed by atoms with Crippen molar-refractivity contribution >= 4 is 50.9 Å². The summed E-state index contributed by atoms with van der Waals surface area (Å²) >= 11 is 0. The number of hydrogen-bond donors (Lipinski definition) is 6. The van der Waals surface area contributed by atoms with Crippen LogP contribution in [0.1, 0.15) is 108 Å². The molecular formula is C50H56N6O7. The van der Waals surface area contributed by atoms with Crippen molar-refractivity contribution in [3.05, 3.63) is 106 Å². The van der Waals surface area contributed by atoms with Crippen molar-refractivity contribution in [1.29, 1.82) is 0 Å². The predicted octanol–water partition coefficient (Wildman–Crippen LogP) is 8.82. The highest BCUT2D eigenvalue weighted by atomic mass is 16.7. The van der Waals surface area contributed by atoms with Crippen molar-refractivity contribution in [2.75, 3.05) is 24.2 Å². The van der Waals surface area contributed by atoms with Gasteiger partial charge in [0.2, 0.25) is 31.3 Å². The second kappa shape index (κ2) is 15.4. The molecule has 2 fully saturated rings. The SMILES string of the molecule is CC(=O)NCc1cc(NC(=O)C2(c3ccc4c(c3)OCO4)CC2)cc2cc(C(C)(C)C)[nH]c12.CC(C)(C)c1cc2cc(NC(=O)C3(c4ccc5c(c4)OCO5)CC3)cc(CN)c2[nH]1. The first-order valence-electron chi connectivity index (χ1n) is 21.7. The summed E-state index contributed by atoms with van der Waals surface area (Å²) in [6, 6.07) is 23.7. The van der Waals surface area contributed by atoms with Crippen LogP contribution in [0.15, 0.2) is 72.8 Å². The Labute approximate surface area is 366 Å². The number of carbonyl (C=O) groups excluding carboxylic acids is 3. The van der Waals surface area contributed by atoms with Gasteiger partial charge in [0.15, 0.2) is 23.0 Å². The lowest BCUT2D eigenvalue weighted by molar-refractivity contribution is -0.119. The fraction of sp³-hybridized carbons (Fsp3) is 0.380. The van der Waals surface area contributed by atoms with Crippen molar-refractivity contribution in [1.82, 2.24) is 15.3 Å². The molecule has 2 saturated carbocycles. The van der Waals surface area contributed by atoms with E-state index in [2.05, 4.69) is 79.6 Å². The number of fused-ring (bicyclic) bond motifs is 4. The Kier molecular flexibility index (Phi) is 10.2. The molecule has 0 unspecified atom stereocenters. The molecule has 0 radical (unpaired) electrons. The normalized spacial score (nSPS) is 16.3. The largest absolute Gasteiger partial charge is 0.454 e. The lowest BCUT2D eigenvalue weighted by Crippen LogP contribution is -2.28. The maximum atomic E-state index is 13.4. The van der Waals surface area contributed by atoms with E-state index < -0.39 is 10.8 Å². The highest BCUT2D eigenvalue weighted by Crippen LogP contribution is 2.52. The van der Waals surface area contributed by atoms with E-state index in [9.17, 15) is 14.4 Å². The fourth-order valence-corrected chi connectivity index (χ4v) is 8.54. The molecule has 4 aromatic carbocycles. The molecule has 2 aliphatic heterocycles. The van der Waals surface area contributed by atoms with Crippen LogP contribution in [0.25, 0.3) is 21.8 Å². The first-order chi connectivity index (χ1) is 30.0. The average Bonchev–Trinajstić information content (AvgIpc) is 3.91. The first-order valence-corrected chi connectivity index (χ1v) is 21.7. The van der Waals surface area contributed by atoms with Crippen molar-refractivity contribution < 1.29 is 33.3 Å². The van der Waals surface area contributed by atoms with Crippen LogP contribution in [0.5, 0.6) is 23.0 Å². The van der Waals surface area contributed by atoms with Crippen molar-refractivity contribution in [3.8, 4) is 23.0 Å². The van der Waals surface area contributed by atoms with Gasteiger partial charge in [-0.05, 0) is 109 Å². The van der Waals surface area contributed by atoms with Gasteiger partial charge in [-0.1, -0.05) is 53.7 Å². The Morgan fingerprint density at radius 2 is 1.03 bits per heavy atom. The number of anilines is 2. The number of H-pyrrole nitrogens is 2. The van der Waals surface area contributed by atoms with Gasteiger partial charge in [0, 0.05) is 64.4 Å². The quantitative estimate of drug-likeness (QED) is 0.0835. The molecule has 2 aliphatic carbocycles. The minimum absolute atomic E-state index is 0.00568. The van der Waals surface area contributed by atoms with E-state index in [1.807, 2.05) is 60.7 Å². The summed E-state index contributed by atoms with van der Waals surface area (Å²) in [6.45, 7) is 15.7. The zero-order valence-corrected chi connectivity index (χ0v) is 37.0. The lowest BCUT2D eigenvalue weighted by atomic mass is 9.92. The number of ether oxygens (including phenoxy) is 4. The number of aromatic nitrogens is 2. The number of aromatic amines is 2. The van der Waals surface area contributed by atoms with Gasteiger partial charge in [0.1, 0.15) is 0 Å². The number of amides is 3. The van der Waals surface area contributed by atoms with E-state index >= 15 is 0 Å². The third-order valence-electron chi connectivity index (χ3n) is 12.7. The topological polar surface area (TPSA) is 182 Å². The molecule has 6 aromatic rings. The zero-order valence-electron chi connectivity index (χ0n) is 37.0. The summed E-state index contributed by atoms with van der Waals surface area (Å²) in [6.07, 6.45) is 3.22. The van der Waals surface area contributed by atoms with E-state index in [1.54, 1.807) is 0 Å². The van der Waals surface area contributed by atoms with E-state index in [0.29, 0.717) is 30.3 Å². The van der Waals surface area contributed by atoms with Crippen LogP contribution in [0.2, 0.25) is 0 Å². The van der Waals surface area contributed by atoms with E-state index in [1.165, 1.54) is 6.92 Å². The van der Waals surface area contributed by atoms with Crippen LogP contribution in [0.3, 0.4) is 0 Å². The van der Waals surface area contributed by atoms with Gasteiger partial charge in [-0.25, -0.2) is 0 Å². The van der Waals surface area contributed by atoms with Crippen LogP contribution in [0.4, 0.5) is 11.4 Å². The van der Waals surface area contributed by atoms with Gasteiger partial charge in [0.25, 0.3) is 0 Å². The van der Waals surface area contributed by atoms with Gasteiger partial charge < -0.3 is 50.6 Å². The monoisotopic (exact) mass is 852 g/mol. The summed E-state index contributed by atoms with van der Waals surface area (Å²) in [5, 5.41) is 11.2. The number of hydrogen-bond acceptors (Lipinski definition) is 8. The molecule has 0 atom stereocenters. The van der Waals surface area contributed by atoms with Gasteiger partial charge in [0.05, 0.1) is 21.9 Å². The summed E-state index contributed by atoms with van der Waals surface area (Å²) in [5.74, 6) is 2.72. The summed E-state index contributed by atoms with van der Waals surface area (Å²) in [4.78, 5) is 45.3. The standard InChI is InChI=1S/C26H29N3O4.C24H27N3O3/c1-15(30)27-13-17-10-19(9-16-11-22(25(2,3)4)29-23(16)17)28-24(31)26(7-8-26)18-5-6-20-21(12-18)33-14-32-20;1-23(2,3)20-10-14-8-17(9-15(12-25)21(14)27-20)26-22(28)24(6-7-24)16-4-5-18-19(11-16)30-13-29-18/h5-6,9-12,29H,7-8,13-14H2,1-4H3,(H,27,30)(H,28,31);4-5,8-11,27H,6-7,12-13,25H2,1-3H3,(H,26,28). The van der Waals surface area contributed by atoms with Crippen LogP contribution >= 0.6 is 0 Å². The molecule has 7 N–H and O–H groups in total. The molecule has 10 rings (SSSR count). The summed E-state index contributed by atoms with van der Waals surface area (Å²) in [7, 11) is 0. The molecule has 63 heavy (non-hydrogen) atoms. The minimum Gasteiger partial charge on any atom is -0.454 e. The molecule has 0 saturated heterocycles. The van der Waals surface area contributed by atoms with Crippen molar-refractivity contribution in [3.63, 3.8) is 0 Å². The predicted molar refractivity (Wildman–Crippen MR) is 244 cm³/mol. The molecule has 13 heteroatoms. The minimum atomic E-state index is -0.553. The third-order valence-corrected chi connectivity index (χ3v) is 12.7. The number of nitrogens with two attached hydrogens (primary N) is 1. The molecule has 2 aromatic heterocycles. The summed E-state index contributed by atoms with van der Waals surface area (Å²) < 4.78 is 21.8. The lowest BCUT2D eigenvalue weighted by Gasteiger charge is -2.17. The maximum Gasteiger partial charge on any atom is 0.235 e. The van der Waals surface area contributed by atoms with Gasteiger partial charge in [-0.15, -0.1) is 0 Å². The first kappa shape index (κ1) is 41.9. The smallest absolute Gasteiger partial charge is 0.235 e. The number of benzene rings is 4. The third kappa shape index (κ3) is 8.06. The second-order valence-electron chi connectivity index (χ2n) is 19.4. The van der Waals surface area contributed by atoms with Crippen LogP contribution in [-0.4, -0.2) is 41.3 Å². The number of carbonyl (C=O) groups is 3. The fourth-order valence-electron chi connectivity index (χ4n) is 8.54. The van der Waals surface area contributed by atoms with E-state index in [4.69, 9.17) is 24.7 Å². The number of rotatable bonds is 9. The van der Waals surface area contributed by atoms with Crippen LogP contribution < -0.4 is 40.6 Å². The molecule has 328 valence electrons. The van der Waals surface area contributed by atoms with Gasteiger partial charge in [-0.2, -0.15) is 0 Å². The Hall–Kier alpha value is -6.47. The Bertz CT molecular complexity index is 2800. The average molecular weight is 853 g/mol. The highest BCUT2D eigenvalue weighted by Gasteiger charge is 2.52. The van der Waals surface area contributed by atoms with E-state index in [-0.39, 0.29) is 42.1 Å². The highest BCUT2D eigenvalue weighted by molar-refractivity contribution is 6.04. The van der Waals surface area contributed by atoms with Crippen LogP contribution in [-0.2, 0) is 49.1 Å². The zero-order chi connectivity index (χ0) is 44.5. The molecular weight excluding hydrogens is 797 g/mol. The molecule has 13 nitrogen and oxygen atoms in total. The maximum absolute atomic E-state index is 13.4. The molecule has 0 spiro atoms. The molecule has 4 aliphatic rings. The Morgan fingerprint density at radius 1 is 0.603 bits per heavy atom. The van der Waals surface area contributed by atoms with E-state index in [0.717, 1.165) is 98.3 Å². The molecule has 4 heterocycles. The molecule has 0 bridgehead atoms. The Balaban J connectivity index is 0.000000161. The molecule has 3 amide bonds. The number of nitrogens with one attached hydrogen (secondary N) is 5.